The topological polar surface area (TPSA) is 131 Å². The van der Waals surface area contributed by atoms with Gasteiger partial charge in [-0.15, -0.1) is 0 Å². The molecule has 0 saturated carbocycles. The van der Waals surface area contributed by atoms with Gasteiger partial charge in [-0.2, -0.15) is 10.2 Å². The summed E-state index contributed by atoms with van der Waals surface area (Å²) < 4.78 is 3.17. The minimum Gasteiger partial charge on any atom is -0.465 e. The number of carboxylic acid groups (broad SMARTS) is 1. The second kappa shape index (κ2) is 8.83. The number of nitrogens with one attached hydrogen (secondary N) is 2. The second-order valence-electron chi connectivity index (χ2n) is 6.26. The van der Waals surface area contributed by atoms with Gasteiger partial charge in [-0.3, -0.25) is 19.6 Å². The Morgan fingerprint density at radius 1 is 1.24 bits per heavy atom. The highest BCUT2D eigenvalue weighted by Gasteiger charge is 2.09. The van der Waals surface area contributed by atoms with Crippen molar-refractivity contribution in [1.82, 2.24) is 24.9 Å². The van der Waals surface area contributed by atoms with Gasteiger partial charge in [0.25, 0.3) is 0 Å². The molecule has 2 amide bonds. The number of hydrogen-bond acceptors (Lipinski definition) is 5. The van der Waals surface area contributed by atoms with Gasteiger partial charge in [0.15, 0.2) is 0 Å². The van der Waals surface area contributed by atoms with E-state index in [9.17, 15) is 14.4 Å². The molecule has 10 nitrogen and oxygen atoms in total. The molecule has 0 bridgehead atoms. The first-order valence-electron chi connectivity index (χ1n) is 8.86. The zero-order valence-corrected chi connectivity index (χ0v) is 15.7. The van der Waals surface area contributed by atoms with Gasteiger partial charge in [0.05, 0.1) is 12.4 Å². The lowest BCUT2D eigenvalue weighted by atomic mass is 10.1. The number of aromatic nitrogens is 4. The van der Waals surface area contributed by atoms with E-state index in [1.165, 1.54) is 6.07 Å². The maximum atomic E-state index is 12.2. The molecule has 0 fully saturated rings. The summed E-state index contributed by atoms with van der Waals surface area (Å²) in [5, 5.41) is 22.3. The monoisotopic (exact) mass is 396 g/mol. The van der Waals surface area contributed by atoms with Gasteiger partial charge >= 0.3 is 6.09 Å². The van der Waals surface area contributed by atoms with Crippen molar-refractivity contribution in [3.8, 4) is 5.69 Å². The number of carbonyl (C=O) groups is 2. The zero-order valence-electron chi connectivity index (χ0n) is 15.7. The number of carbonyl (C=O) groups excluding carboxylic acids is 1. The smallest absolute Gasteiger partial charge is 0.409 e. The van der Waals surface area contributed by atoms with Crippen LogP contribution in [0.1, 0.15) is 17.7 Å². The molecule has 10 heteroatoms. The van der Waals surface area contributed by atoms with Gasteiger partial charge in [-0.05, 0) is 17.7 Å². The van der Waals surface area contributed by atoms with Crippen molar-refractivity contribution in [2.75, 3.05) is 12.4 Å². The molecule has 29 heavy (non-hydrogen) atoms. The number of hydrogen-bond donors (Lipinski definition) is 3. The van der Waals surface area contributed by atoms with E-state index in [0.29, 0.717) is 30.0 Å². The van der Waals surface area contributed by atoms with Crippen molar-refractivity contribution in [3.05, 3.63) is 70.4 Å². The van der Waals surface area contributed by atoms with E-state index in [-0.39, 0.29) is 17.8 Å². The Balaban J connectivity index is 1.78. The van der Waals surface area contributed by atoms with Crippen LogP contribution in [0.5, 0.6) is 0 Å². The molecular weight excluding hydrogens is 376 g/mol. The van der Waals surface area contributed by atoms with Crippen molar-refractivity contribution in [2.45, 2.75) is 19.4 Å². The fourth-order valence-electron chi connectivity index (χ4n) is 2.72. The molecule has 0 unspecified atom stereocenters. The molecule has 1 aromatic carbocycles. The van der Waals surface area contributed by atoms with Gasteiger partial charge in [-0.25, -0.2) is 9.48 Å². The van der Waals surface area contributed by atoms with Crippen molar-refractivity contribution >= 4 is 17.7 Å². The van der Waals surface area contributed by atoms with Crippen molar-refractivity contribution in [3.63, 3.8) is 0 Å². The molecule has 0 saturated heterocycles. The maximum absolute atomic E-state index is 12.2. The third-order valence-corrected chi connectivity index (χ3v) is 4.16. The van der Waals surface area contributed by atoms with Crippen LogP contribution in [0.2, 0.25) is 0 Å². The molecule has 0 atom stereocenters. The number of anilines is 1. The normalized spacial score (nSPS) is 10.5. The first-order valence-corrected chi connectivity index (χ1v) is 8.86. The van der Waals surface area contributed by atoms with E-state index in [2.05, 4.69) is 20.8 Å². The lowest BCUT2D eigenvalue weighted by Crippen LogP contribution is -2.19. The molecule has 3 aromatic rings. The van der Waals surface area contributed by atoms with E-state index in [1.807, 2.05) is 0 Å². The molecule has 2 aromatic heterocycles. The van der Waals surface area contributed by atoms with Gasteiger partial charge in [-0.1, -0.05) is 12.1 Å². The number of amides is 2. The summed E-state index contributed by atoms with van der Waals surface area (Å²) in [7, 11) is 1.58. The first kappa shape index (κ1) is 19.8. The van der Waals surface area contributed by atoms with Gasteiger partial charge in [0.2, 0.25) is 11.3 Å². The van der Waals surface area contributed by atoms with Crippen LogP contribution in [0.3, 0.4) is 0 Å². The highest BCUT2D eigenvalue weighted by molar-refractivity contribution is 5.82. The number of benzene rings is 1. The van der Waals surface area contributed by atoms with E-state index < -0.39 is 6.09 Å². The van der Waals surface area contributed by atoms with E-state index in [4.69, 9.17) is 5.11 Å². The molecule has 2 heterocycles. The highest BCUT2D eigenvalue weighted by atomic mass is 16.4. The standard InChI is InChI=1S/C19H20N6O4/c1-20-18(27)6-7-24-12-15(11-21-24)25-8-5-17(26)16(23-25)10-13-3-2-4-14(9-13)22-19(28)29/h2-5,8-9,11-12,22H,6-7,10H2,1H3,(H,20,27)(H,28,29). The molecular formula is C19H20N6O4. The molecule has 0 spiro atoms. The van der Waals surface area contributed by atoms with Gasteiger partial charge in [0, 0.05) is 44.4 Å². The Hall–Kier alpha value is -3.95. The Labute approximate surface area is 165 Å². The second-order valence-corrected chi connectivity index (χ2v) is 6.26. The molecule has 3 N–H and O–H groups in total. The average Bonchev–Trinajstić information content (AvgIpc) is 3.16. The lowest BCUT2D eigenvalue weighted by molar-refractivity contribution is -0.120. The number of rotatable bonds is 7. The largest absolute Gasteiger partial charge is 0.465 e. The quantitative estimate of drug-likeness (QED) is 0.551. The summed E-state index contributed by atoms with van der Waals surface area (Å²) in [6.45, 7) is 0.427. The van der Waals surface area contributed by atoms with Crippen LogP contribution in [0, 0.1) is 0 Å². The fourth-order valence-corrected chi connectivity index (χ4v) is 2.72. The third-order valence-electron chi connectivity index (χ3n) is 4.16. The minimum atomic E-state index is -1.16. The van der Waals surface area contributed by atoms with Crippen LogP contribution < -0.4 is 16.1 Å². The molecule has 0 aliphatic rings. The fraction of sp³-hybridized carbons (Fsp3) is 0.211. The third kappa shape index (κ3) is 5.28. The summed E-state index contributed by atoms with van der Waals surface area (Å²) in [6.07, 6.45) is 4.29. The predicted molar refractivity (Wildman–Crippen MR) is 105 cm³/mol. The van der Waals surface area contributed by atoms with Gasteiger partial charge in [0.1, 0.15) is 11.4 Å². The molecule has 3 rings (SSSR count). The summed E-state index contributed by atoms with van der Waals surface area (Å²) in [4.78, 5) is 34.4. The number of aryl methyl sites for hydroxylation is 1. The van der Waals surface area contributed by atoms with Crippen LogP contribution >= 0.6 is 0 Å². The lowest BCUT2D eigenvalue weighted by Gasteiger charge is -2.07. The average molecular weight is 396 g/mol. The SMILES string of the molecule is CNC(=O)CCn1cc(-n2ccc(=O)c(Cc3cccc(NC(=O)O)c3)n2)cn1. The van der Waals surface area contributed by atoms with E-state index in [1.54, 1.807) is 59.3 Å². The van der Waals surface area contributed by atoms with Crippen molar-refractivity contribution < 1.29 is 14.7 Å². The summed E-state index contributed by atoms with van der Waals surface area (Å²) in [5.41, 5.74) is 1.93. The maximum Gasteiger partial charge on any atom is 0.409 e. The molecule has 150 valence electrons. The van der Waals surface area contributed by atoms with Crippen LogP contribution in [0.15, 0.2) is 53.7 Å². The van der Waals surface area contributed by atoms with Crippen LogP contribution in [0.25, 0.3) is 5.69 Å². The van der Waals surface area contributed by atoms with E-state index in [0.717, 1.165) is 5.56 Å². The minimum absolute atomic E-state index is 0.0783. The summed E-state index contributed by atoms with van der Waals surface area (Å²) >= 11 is 0. The van der Waals surface area contributed by atoms with Crippen LogP contribution in [-0.2, 0) is 17.8 Å². The van der Waals surface area contributed by atoms with Crippen molar-refractivity contribution in [1.29, 1.82) is 0 Å². The molecule has 0 aliphatic heterocycles. The first-order chi connectivity index (χ1) is 13.9. The Bertz CT molecular complexity index is 1090. The van der Waals surface area contributed by atoms with Crippen LogP contribution in [0.4, 0.5) is 10.5 Å². The highest BCUT2D eigenvalue weighted by Crippen LogP contribution is 2.13. The Kier molecular flexibility index (Phi) is 6.03. The number of nitrogens with zero attached hydrogens (tertiary/aromatic N) is 4. The Morgan fingerprint density at radius 2 is 2.07 bits per heavy atom. The van der Waals surface area contributed by atoms with E-state index >= 15 is 0 Å². The van der Waals surface area contributed by atoms with Crippen molar-refractivity contribution in [2.24, 2.45) is 0 Å². The summed E-state index contributed by atoms with van der Waals surface area (Å²) in [5.74, 6) is -0.0783. The summed E-state index contributed by atoms with van der Waals surface area (Å²) in [6, 6.07) is 8.20. The Morgan fingerprint density at radius 3 is 2.83 bits per heavy atom. The van der Waals surface area contributed by atoms with Crippen LogP contribution in [-0.4, -0.2) is 43.7 Å². The predicted octanol–water partition coefficient (Wildman–Crippen LogP) is 1.25. The zero-order chi connectivity index (χ0) is 20.8. The van der Waals surface area contributed by atoms with Gasteiger partial charge < -0.3 is 10.4 Å². The molecule has 0 aliphatic carbocycles. The molecule has 0 radical (unpaired) electrons.